The molecule has 1 aromatic heterocycles. The Hall–Kier alpha value is -0.980. The van der Waals surface area contributed by atoms with Crippen LogP contribution in [-0.2, 0) is 9.53 Å². The number of carbonyl (C=O) groups excluding carboxylic acids is 1. The minimum atomic E-state index is -0.477. The number of ether oxygens (including phenoxy) is 1. The smallest absolute Gasteiger partial charge is 0.243 e. The van der Waals surface area contributed by atoms with Crippen molar-refractivity contribution >= 4 is 22.4 Å². The Balaban J connectivity index is 1.91. The van der Waals surface area contributed by atoms with Gasteiger partial charge in [0.05, 0.1) is 11.7 Å². The molecule has 0 saturated carbocycles. The maximum atomic E-state index is 12.1. The Morgan fingerprint density at radius 2 is 2.21 bits per heavy atom. The number of rotatable bonds is 4. The molecular weight excluding hydrogens is 262 g/mol. The van der Waals surface area contributed by atoms with Crippen LogP contribution < -0.4 is 11.1 Å². The first-order chi connectivity index (χ1) is 9.08. The fraction of sp³-hybridized carbons (Fsp3) is 0.692. The van der Waals surface area contributed by atoms with E-state index in [1.165, 1.54) is 11.3 Å². The van der Waals surface area contributed by atoms with Crippen molar-refractivity contribution in [3.8, 4) is 0 Å². The predicted octanol–water partition coefficient (Wildman–Crippen LogP) is 1.96. The first-order valence-electron chi connectivity index (χ1n) is 6.67. The molecule has 1 aromatic rings. The van der Waals surface area contributed by atoms with E-state index in [0.29, 0.717) is 24.3 Å². The van der Waals surface area contributed by atoms with E-state index in [0.717, 1.165) is 18.5 Å². The summed E-state index contributed by atoms with van der Waals surface area (Å²) in [6.07, 6.45) is 1.70. The highest BCUT2D eigenvalue weighted by molar-refractivity contribution is 7.13. The highest BCUT2D eigenvalue weighted by Crippen LogP contribution is 2.23. The molecule has 0 spiro atoms. The second-order valence-electron chi connectivity index (χ2n) is 5.20. The molecule has 0 aromatic carbocycles. The lowest BCUT2D eigenvalue weighted by Gasteiger charge is -2.26. The summed E-state index contributed by atoms with van der Waals surface area (Å²) in [6.45, 7) is 5.55. The van der Waals surface area contributed by atoms with Gasteiger partial charge < -0.3 is 15.8 Å². The number of hydrogen-bond donors (Lipinski definition) is 2. The zero-order valence-electron chi connectivity index (χ0n) is 11.4. The van der Waals surface area contributed by atoms with Crippen LogP contribution in [0.2, 0.25) is 0 Å². The van der Waals surface area contributed by atoms with Crippen molar-refractivity contribution in [2.24, 2.45) is 11.7 Å². The van der Waals surface area contributed by atoms with Gasteiger partial charge in [0.15, 0.2) is 5.13 Å². The first-order valence-corrected chi connectivity index (χ1v) is 7.55. The molecule has 5 nitrogen and oxygen atoms in total. The van der Waals surface area contributed by atoms with Crippen molar-refractivity contribution in [3.05, 3.63) is 11.1 Å². The van der Waals surface area contributed by atoms with Crippen LogP contribution >= 0.6 is 11.3 Å². The molecule has 1 saturated heterocycles. The summed E-state index contributed by atoms with van der Waals surface area (Å²) < 4.78 is 5.28. The lowest BCUT2D eigenvalue weighted by Crippen LogP contribution is -2.44. The van der Waals surface area contributed by atoms with E-state index in [9.17, 15) is 4.79 Å². The lowest BCUT2D eigenvalue weighted by molar-refractivity contribution is -0.119. The zero-order chi connectivity index (χ0) is 13.8. The standard InChI is InChI=1S/C13H21N3O2S/c1-8(2)10-7-19-13(15-10)16-12(17)11(14)9-3-5-18-6-4-9/h7-9,11H,3-6,14H2,1-2H3,(H,15,16,17). The Kier molecular flexibility index (Phi) is 4.90. The van der Waals surface area contributed by atoms with Crippen LogP contribution in [0.15, 0.2) is 5.38 Å². The van der Waals surface area contributed by atoms with E-state index in [2.05, 4.69) is 24.1 Å². The normalized spacial score (nSPS) is 18.5. The average Bonchev–Trinajstić information content (AvgIpc) is 2.87. The molecule has 1 unspecified atom stereocenters. The number of nitrogens with zero attached hydrogens (tertiary/aromatic N) is 1. The molecule has 0 bridgehead atoms. The summed E-state index contributed by atoms with van der Waals surface area (Å²) >= 11 is 1.45. The minimum Gasteiger partial charge on any atom is -0.381 e. The largest absolute Gasteiger partial charge is 0.381 e. The van der Waals surface area contributed by atoms with Gasteiger partial charge in [-0.3, -0.25) is 4.79 Å². The predicted molar refractivity (Wildman–Crippen MR) is 76.4 cm³/mol. The molecule has 19 heavy (non-hydrogen) atoms. The van der Waals surface area contributed by atoms with Gasteiger partial charge in [-0.25, -0.2) is 4.98 Å². The Morgan fingerprint density at radius 3 is 2.79 bits per heavy atom. The summed E-state index contributed by atoms with van der Waals surface area (Å²) in [5, 5.41) is 5.42. The molecule has 0 aliphatic carbocycles. The van der Waals surface area contributed by atoms with Gasteiger partial charge in [-0.1, -0.05) is 13.8 Å². The highest BCUT2D eigenvalue weighted by Gasteiger charge is 2.27. The van der Waals surface area contributed by atoms with Gasteiger partial charge in [0, 0.05) is 18.6 Å². The Bertz CT molecular complexity index is 427. The first kappa shape index (κ1) is 14.4. The van der Waals surface area contributed by atoms with E-state index >= 15 is 0 Å². The van der Waals surface area contributed by atoms with Crippen molar-refractivity contribution in [2.45, 2.75) is 38.6 Å². The monoisotopic (exact) mass is 283 g/mol. The maximum absolute atomic E-state index is 12.1. The SMILES string of the molecule is CC(C)c1csc(NC(=O)C(N)C2CCOCC2)n1. The second kappa shape index (κ2) is 6.45. The molecule has 1 atom stereocenters. The number of hydrogen-bond acceptors (Lipinski definition) is 5. The molecule has 0 radical (unpaired) electrons. The van der Waals surface area contributed by atoms with Crippen LogP contribution in [0.3, 0.4) is 0 Å². The molecular formula is C13H21N3O2S. The van der Waals surface area contributed by atoms with Crippen LogP contribution in [-0.4, -0.2) is 30.1 Å². The van der Waals surface area contributed by atoms with Crippen LogP contribution in [0.5, 0.6) is 0 Å². The summed E-state index contributed by atoms with van der Waals surface area (Å²) in [5.74, 6) is 0.431. The van der Waals surface area contributed by atoms with E-state index in [1.807, 2.05) is 5.38 Å². The lowest BCUT2D eigenvalue weighted by atomic mass is 9.92. The second-order valence-corrected chi connectivity index (χ2v) is 6.06. The summed E-state index contributed by atoms with van der Waals surface area (Å²) in [4.78, 5) is 16.5. The average molecular weight is 283 g/mol. The number of nitrogens with two attached hydrogens (primary N) is 1. The fourth-order valence-electron chi connectivity index (χ4n) is 2.09. The minimum absolute atomic E-state index is 0.142. The highest BCUT2D eigenvalue weighted by atomic mass is 32.1. The van der Waals surface area contributed by atoms with Gasteiger partial charge in [-0.05, 0) is 24.7 Å². The Labute approximate surface area is 117 Å². The van der Waals surface area contributed by atoms with Crippen LogP contribution in [0.1, 0.15) is 38.3 Å². The number of amides is 1. The molecule has 3 N–H and O–H groups in total. The van der Waals surface area contributed by atoms with Gasteiger partial charge >= 0.3 is 0 Å². The van der Waals surface area contributed by atoms with E-state index in [1.54, 1.807) is 0 Å². The van der Waals surface area contributed by atoms with Crippen LogP contribution in [0, 0.1) is 5.92 Å². The number of nitrogens with one attached hydrogen (secondary N) is 1. The maximum Gasteiger partial charge on any atom is 0.243 e. The van der Waals surface area contributed by atoms with E-state index in [-0.39, 0.29) is 11.8 Å². The molecule has 1 aliphatic heterocycles. The van der Waals surface area contributed by atoms with Crippen LogP contribution in [0.25, 0.3) is 0 Å². The van der Waals surface area contributed by atoms with Crippen molar-refractivity contribution < 1.29 is 9.53 Å². The van der Waals surface area contributed by atoms with Gasteiger partial charge in [0.2, 0.25) is 5.91 Å². The molecule has 2 heterocycles. The fourth-order valence-corrected chi connectivity index (χ4v) is 2.96. The molecule has 2 rings (SSSR count). The zero-order valence-corrected chi connectivity index (χ0v) is 12.2. The number of aromatic nitrogens is 1. The van der Waals surface area contributed by atoms with Crippen molar-refractivity contribution in [2.75, 3.05) is 18.5 Å². The Morgan fingerprint density at radius 1 is 1.53 bits per heavy atom. The van der Waals surface area contributed by atoms with Crippen molar-refractivity contribution in [1.29, 1.82) is 0 Å². The number of anilines is 1. The molecule has 1 aliphatic rings. The third kappa shape index (κ3) is 3.75. The number of carbonyl (C=O) groups is 1. The third-order valence-corrected chi connectivity index (χ3v) is 4.20. The molecule has 1 fully saturated rings. The van der Waals surface area contributed by atoms with Crippen molar-refractivity contribution in [3.63, 3.8) is 0 Å². The van der Waals surface area contributed by atoms with Gasteiger partial charge in [-0.15, -0.1) is 11.3 Å². The van der Waals surface area contributed by atoms with Crippen molar-refractivity contribution in [1.82, 2.24) is 4.98 Å². The topological polar surface area (TPSA) is 77.2 Å². The van der Waals surface area contributed by atoms with Crippen LogP contribution in [0.4, 0.5) is 5.13 Å². The quantitative estimate of drug-likeness (QED) is 0.885. The van der Waals surface area contributed by atoms with Gasteiger partial charge in [0.25, 0.3) is 0 Å². The summed E-state index contributed by atoms with van der Waals surface area (Å²) in [5.41, 5.74) is 7.02. The molecule has 6 heteroatoms. The van der Waals surface area contributed by atoms with E-state index < -0.39 is 6.04 Å². The van der Waals surface area contributed by atoms with Gasteiger partial charge in [-0.2, -0.15) is 0 Å². The summed E-state index contributed by atoms with van der Waals surface area (Å²) in [6, 6.07) is -0.477. The van der Waals surface area contributed by atoms with Gasteiger partial charge in [0.1, 0.15) is 0 Å². The summed E-state index contributed by atoms with van der Waals surface area (Å²) in [7, 11) is 0. The molecule has 1 amide bonds. The third-order valence-electron chi connectivity index (χ3n) is 3.42. The molecule has 106 valence electrons. The van der Waals surface area contributed by atoms with E-state index in [4.69, 9.17) is 10.5 Å². The number of thiazole rings is 1.